The van der Waals surface area contributed by atoms with Gasteiger partial charge in [-0.05, 0) is 24.9 Å². The Morgan fingerprint density at radius 3 is 2.96 bits per heavy atom. The Bertz CT molecular complexity index is 615. The molecule has 2 heterocycles. The van der Waals surface area contributed by atoms with Gasteiger partial charge in [0.15, 0.2) is 5.82 Å². The van der Waals surface area contributed by atoms with Crippen LogP contribution in [0.1, 0.15) is 18.4 Å². The Morgan fingerprint density at radius 2 is 2.22 bits per heavy atom. The van der Waals surface area contributed by atoms with E-state index in [1.54, 1.807) is 11.0 Å². The monoisotopic (exact) mass is 314 g/mol. The number of nitrogens with one attached hydrogen (secondary N) is 1. The molecule has 6 heteroatoms. The third-order valence-electron chi connectivity index (χ3n) is 4.27. The molecule has 6 nitrogen and oxygen atoms in total. The van der Waals surface area contributed by atoms with Crippen molar-refractivity contribution in [2.75, 3.05) is 25.5 Å². The Kier molecular flexibility index (Phi) is 4.92. The Balaban J connectivity index is 1.56. The molecule has 2 amide bonds. The molecule has 3 rings (SSSR count). The average Bonchev–Trinajstić information content (AvgIpc) is 3.08. The van der Waals surface area contributed by atoms with Crippen LogP contribution in [0.4, 0.5) is 10.6 Å². The van der Waals surface area contributed by atoms with Crippen LogP contribution in [0.3, 0.4) is 0 Å². The zero-order valence-corrected chi connectivity index (χ0v) is 13.3. The average molecular weight is 314 g/mol. The molecule has 1 atom stereocenters. The van der Waals surface area contributed by atoms with Crippen molar-refractivity contribution in [3.63, 3.8) is 0 Å². The fourth-order valence-corrected chi connectivity index (χ4v) is 2.97. The van der Waals surface area contributed by atoms with Crippen LogP contribution in [0.2, 0.25) is 0 Å². The zero-order valence-electron chi connectivity index (χ0n) is 13.3. The molecule has 1 aromatic heterocycles. The summed E-state index contributed by atoms with van der Waals surface area (Å²) in [7, 11) is 1.84. The van der Waals surface area contributed by atoms with Crippen molar-refractivity contribution in [2.24, 2.45) is 0 Å². The zero-order chi connectivity index (χ0) is 16.1. The van der Waals surface area contributed by atoms with E-state index in [2.05, 4.69) is 39.6 Å². The predicted molar refractivity (Wildman–Crippen MR) is 88.0 cm³/mol. The maximum atomic E-state index is 12.3. The van der Waals surface area contributed by atoms with Crippen molar-refractivity contribution in [3.8, 4) is 0 Å². The predicted octanol–water partition coefficient (Wildman–Crippen LogP) is 2.80. The van der Waals surface area contributed by atoms with Crippen molar-refractivity contribution in [3.05, 3.63) is 48.2 Å². The van der Waals surface area contributed by atoms with E-state index >= 15 is 0 Å². The van der Waals surface area contributed by atoms with Crippen molar-refractivity contribution < 1.29 is 9.32 Å². The summed E-state index contributed by atoms with van der Waals surface area (Å²) in [6.45, 7) is 2.89. The number of carbonyl (C=O) groups excluding carboxylic acids is 1. The first-order valence-corrected chi connectivity index (χ1v) is 7.93. The van der Waals surface area contributed by atoms with E-state index in [4.69, 9.17) is 4.52 Å². The first kappa shape index (κ1) is 15.6. The van der Waals surface area contributed by atoms with E-state index < -0.39 is 0 Å². The molecule has 1 unspecified atom stereocenters. The van der Waals surface area contributed by atoms with Crippen molar-refractivity contribution in [1.29, 1.82) is 0 Å². The third-order valence-corrected chi connectivity index (χ3v) is 4.27. The van der Waals surface area contributed by atoms with Crippen LogP contribution in [0.5, 0.6) is 0 Å². The van der Waals surface area contributed by atoms with Gasteiger partial charge in [-0.1, -0.05) is 35.5 Å². The summed E-state index contributed by atoms with van der Waals surface area (Å²) in [4.78, 5) is 16.5. The molecule has 1 aliphatic rings. The Morgan fingerprint density at radius 1 is 1.39 bits per heavy atom. The van der Waals surface area contributed by atoms with E-state index in [9.17, 15) is 4.79 Å². The van der Waals surface area contributed by atoms with Crippen molar-refractivity contribution in [1.82, 2.24) is 15.0 Å². The number of carbonyl (C=O) groups is 1. The lowest BCUT2D eigenvalue weighted by atomic mass is 10.0. The van der Waals surface area contributed by atoms with Crippen LogP contribution in [0.15, 0.2) is 47.2 Å². The van der Waals surface area contributed by atoms with Gasteiger partial charge in [-0.2, -0.15) is 0 Å². The number of rotatable bonds is 4. The summed E-state index contributed by atoms with van der Waals surface area (Å²) in [6, 6.07) is 12.1. The number of hydrogen-bond acceptors (Lipinski definition) is 4. The summed E-state index contributed by atoms with van der Waals surface area (Å²) in [5, 5.41) is 6.46. The molecule has 23 heavy (non-hydrogen) atoms. The summed E-state index contributed by atoms with van der Waals surface area (Å²) in [6.07, 6.45) is 3.56. The second-order valence-electron chi connectivity index (χ2n) is 5.94. The largest absolute Gasteiger partial charge is 0.363 e. The number of anilines is 1. The van der Waals surface area contributed by atoms with E-state index in [1.165, 1.54) is 11.8 Å². The second kappa shape index (κ2) is 7.28. The van der Waals surface area contributed by atoms with Gasteiger partial charge in [0.1, 0.15) is 6.26 Å². The van der Waals surface area contributed by atoms with Crippen LogP contribution in [-0.4, -0.2) is 47.2 Å². The molecule has 1 fully saturated rings. The van der Waals surface area contributed by atoms with Crippen LogP contribution < -0.4 is 5.32 Å². The minimum absolute atomic E-state index is 0.148. The second-order valence-corrected chi connectivity index (χ2v) is 5.94. The molecule has 2 aromatic rings. The maximum Gasteiger partial charge on any atom is 0.323 e. The molecule has 0 radical (unpaired) electrons. The van der Waals surface area contributed by atoms with Gasteiger partial charge in [0.2, 0.25) is 0 Å². The number of aromatic nitrogens is 1. The summed E-state index contributed by atoms with van der Waals surface area (Å²) in [5.74, 6) is 0.443. The molecule has 1 saturated heterocycles. The summed E-state index contributed by atoms with van der Waals surface area (Å²) < 4.78 is 4.73. The van der Waals surface area contributed by atoms with Crippen LogP contribution >= 0.6 is 0 Å². The number of urea groups is 1. The molecular weight excluding hydrogens is 292 g/mol. The van der Waals surface area contributed by atoms with Gasteiger partial charge in [0.05, 0.1) is 0 Å². The van der Waals surface area contributed by atoms with E-state index in [0.29, 0.717) is 5.82 Å². The van der Waals surface area contributed by atoms with Gasteiger partial charge in [0.25, 0.3) is 0 Å². The number of benzene rings is 1. The van der Waals surface area contributed by atoms with Gasteiger partial charge in [-0.3, -0.25) is 10.2 Å². The normalized spacial score (nSPS) is 18.6. The third kappa shape index (κ3) is 4.10. The minimum atomic E-state index is -0.148. The Labute approximate surface area is 136 Å². The molecule has 0 bridgehead atoms. The quantitative estimate of drug-likeness (QED) is 0.942. The van der Waals surface area contributed by atoms with Crippen LogP contribution in [0.25, 0.3) is 0 Å². The molecule has 1 aromatic carbocycles. The fraction of sp³-hybridized carbons (Fsp3) is 0.412. The highest BCUT2D eigenvalue weighted by Gasteiger charge is 2.26. The first-order chi connectivity index (χ1) is 11.2. The minimum Gasteiger partial charge on any atom is -0.363 e. The highest BCUT2D eigenvalue weighted by molar-refractivity contribution is 5.88. The Hall–Kier alpha value is -2.34. The first-order valence-electron chi connectivity index (χ1n) is 7.93. The van der Waals surface area contributed by atoms with E-state index in [-0.39, 0.29) is 12.1 Å². The van der Waals surface area contributed by atoms with Gasteiger partial charge < -0.3 is 9.42 Å². The van der Waals surface area contributed by atoms with Crippen molar-refractivity contribution >= 4 is 11.8 Å². The summed E-state index contributed by atoms with van der Waals surface area (Å²) >= 11 is 0. The van der Waals surface area contributed by atoms with Crippen LogP contribution in [0, 0.1) is 0 Å². The van der Waals surface area contributed by atoms with Gasteiger partial charge >= 0.3 is 6.03 Å². The number of likely N-dealkylation sites (N-methyl/N-ethyl adjacent to an activating group) is 1. The lowest BCUT2D eigenvalue weighted by Crippen LogP contribution is -2.49. The standard InChI is InChI=1S/C17H22N4O2/c1-20(17(22)18-16-9-11-23-19-16)15-8-5-10-21(13-15)12-14-6-3-2-4-7-14/h2-4,6-7,9,11,15H,5,8,10,12-13H2,1H3,(H,18,19,22). The molecule has 0 spiro atoms. The molecule has 122 valence electrons. The topological polar surface area (TPSA) is 61.6 Å². The SMILES string of the molecule is CN(C(=O)Nc1ccon1)C1CCCN(Cc2ccccc2)C1. The number of likely N-dealkylation sites (tertiary alicyclic amines) is 1. The van der Waals surface area contributed by atoms with Crippen LogP contribution in [-0.2, 0) is 6.54 Å². The smallest absolute Gasteiger partial charge is 0.323 e. The van der Waals surface area contributed by atoms with E-state index in [0.717, 1.165) is 32.5 Å². The molecular formula is C17H22N4O2. The van der Waals surface area contributed by atoms with Gasteiger partial charge in [0, 0.05) is 32.2 Å². The lowest BCUT2D eigenvalue weighted by Gasteiger charge is -2.37. The molecule has 1 aliphatic heterocycles. The fourth-order valence-electron chi connectivity index (χ4n) is 2.97. The number of hydrogen-bond donors (Lipinski definition) is 1. The van der Waals surface area contributed by atoms with E-state index in [1.807, 2.05) is 13.1 Å². The molecule has 0 saturated carbocycles. The number of amides is 2. The molecule has 1 N–H and O–H groups in total. The number of piperidine rings is 1. The summed E-state index contributed by atoms with van der Waals surface area (Å²) in [5.41, 5.74) is 1.31. The number of nitrogens with zero attached hydrogens (tertiary/aromatic N) is 3. The van der Waals surface area contributed by atoms with Gasteiger partial charge in [-0.15, -0.1) is 0 Å². The van der Waals surface area contributed by atoms with Gasteiger partial charge in [-0.25, -0.2) is 4.79 Å². The maximum absolute atomic E-state index is 12.3. The molecule has 0 aliphatic carbocycles. The van der Waals surface area contributed by atoms with Crippen molar-refractivity contribution in [2.45, 2.75) is 25.4 Å². The lowest BCUT2D eigenvalue weighted by molar-refractivity contribution is 0.127. The highest BCUT2D eigenvalue weighted by Crippen LogP contribution is 2.18. The highest BCUT2D eigenvalue weighted by atomic mass is 16.5.